The van der Waals surface area contributed by atoms with E-state index in [1.807, 2.05) is 38.1 Å². The number of hydrogen-bond donors (Lipinski definition) is 1. The molecule has 6 nitrogen and oxygen atoms in total. The number of anilines is 1. The summed E-state index contributed by atoms with van der Waals surface area (Å²) in [6.07, 6.45) is 0.243. The molecule has 2 amide bonds. The van der Waals surface area contributed by atoms with Crippen LogP contribution in [0, 0.1) is 0 Å². The van der Waals surface area contributed by atoms with Crippen LogP contribution in [0.3, 0.4) is 0 Å². The molecule has 2 aromatic carbocycles. The van der Waals surface area contributed by atoms with Gasteiger partial charge in [0, 0.05) is 18.3 Å². The maximum absolute atomic E-state index is 12.5. The van der Waals surface area contributed by atoms with Crippen LogP contribution in [0.25, 0.3) is 0 Å². The molecule has 2 aromatic rings. The van der Waals surface area contributed by atoms with E-state index in [9.17, 15) is 9.59 Å². The zero-order chi connectivity index (χ0) is 19.6. The third-order valence-electron chi connectivity index (χ3n) is 4.01. The molecule has 144 valence electrons. The van der Waals surface area contributed by atoms with Gasteiger partial charge in [-0.3, -0.25) is 9.59 Å². The lowest BCUT2D eigenvalue weighted by Crippen LogP contribution is -2.38. The van der Waals surface area contributed by atoms with Gasteiger partial charge in [-0.2, -0.15) is 0 Å². The summed E-state index contributed by atoms with van der Waals surface area (Å²) in [5.74, 6) is 1.10. The highest BCUT2D eigenvalue weighted by atomic mass is 16.5. The average molecular weight is 370 g/mol. The van der Waals surface area contributed by atoms with Crippen LogP contribution in [0.4, 0.5) is 5.69 Å². The molecule has 0 radical (unpaired) electrons. The highest BCUT2D eigenvalue weighted by molar-refractivity contribution is 5.94. The maximum atomic E-state index is 12.5. The lowest BCUT2D eigenvalue weighted by molar-refractivity contribution is -0.133. The molecule has 2 rings (SSSR count). The Balaban J connectivity index is 1.92. The number of benzene rings is 2. The average Bonchev–Trinajstić information content (AvgIpc) is 2.68. The fourth-order valence-electron chi connectivity index (χ4n) is 2.61. The summed E-state index contributed by atoms with van der Waals surface area (Å²) in [7, 11) is 1.57. The van der Waals surface area contributed by atoms with Gasteiger partial charge in [-0.25, -0.2) is 0 Å². The lowest BCUT2D eigenvalue weighted by atomic mass is 10.1. The minimum Gasteiger partial charge on any atom is -0.497 e. The van der Waals surface area contributed by atoms with Crippen LogP contribution in [0.15, 0.2) is 48.5 Å². The number of amides is 2. The summed E-state index contributed by atoms with van der Waals surface area (Å²) in [6.45, 7) is 4.84. The van der Waals surface area contributed by atoms with Crippen molar-refractivity contribution >= 4 is 17.5 Å². The first kappa shape index (κ1) is 20.3. The summed E-state index contributed by atoms with van der Waals surface area (Å²) < 4.78 is 10.5. The summed E-state index contributed by atoms with van der Waals surface area (Å²) >= 11 is 0. The van der Waals surface area contributed by atoms with Crippen LogP contribution >= 0.6 is 0 Å². The fourth-order valence-corrected chi connectivity index (χ4v) is 2.61. The Kier molecular flexibility index (Phi) is 7.67. The van der Waals surface area contributed by atoms with E-state index in [4.69, 9.17) is 9.47 Å². The first-order valence-corrected chi connectivity index (χ1v) is 8.99. The van der Waals surface area contributed by atoms with Crippen LogP contribution in [-0.4, -0.2) is 43.5 Å². The van der Waals surface area contributed by atoms with Gasteiger partial charge in [-0.1, -0.05) is 18.2 Å². The molecule has 0 fully saturated rings. The molecule has 0 saturated heterocycles. The summed E-state index contributed by atoms with van der Waals surface area (Å²) in [4.78, 5) is 26.4. The number of methoxy groups -OCH3 is 1. The van der Waals surface area contributed by atoms with Crippen LogP contribution in [-0.2, 0) is 16.0 Å². The third-order valence-corrected chi connectivity index (χ3v) is 4.01. The van der Waals surface area contributed by atoms with Crippen molar-refractivity contribution in [3.05, 3.63) is 54.1 Å². The second kappa shape index (κ2) is 10.2. The van der Waals surface area contributed by atoms with Crippen molar-refractivity contribution in [3.8, 4) is 11.5 Å². The zero-order valence-corrected chi connectivity index (χ0v) is 16.0. The number of ether oxygens (including phenoxy) is 2. The van der Waals surface area contributed by atoms with Crippen LogP contribution in [0.2, 0.25) is 0 Å². The van der Waals surface area contributed by atoms with Crippen molar-refractivity contribution in [2.45, 2.75) is 20.3 Å². The van der Waals surface area contributed by atoms with Crippen molar-refractivity contribution in [2.75, 3.05) is 32.1 Å². The topological polar surface area (TPSA) is 67.9 Å². The van der Waals surface area contributed by atoms with Crippen molar-refractivity contribution < 1.29 is 19.1 Å². The van der Waals surface area contributed by atoms with Crippen LogP contribution in [0.5, 0.6) is 11.5 Å². The molecule has 0 bridgehead atoms. The predicted octanol–water partition coefficient (Wildman–Crippen LogP) is 3.12. The molecule has 27 heavy (non-hydrogen) atoms. The van der Waals surface area contributed by atoms with E-state index in [0.29, 0.717) is 24.6 Å². The molecule has 0 atom stereocenters. The van der Waals surface area contributed by atoms with E-state index in [1.54, 1.807) is 31.4 Å². The molecule has 1 N–H and O–H groups in total. The minimum atomic E-state index is -0.245. The van der Waals surface area contributed by atoms with Gasteiger partial charge in [0.25, 0.3) is 0 Å². The van der Waals surface area contributed by atoms with E-state index in [0.717, 1.165) is 11.3 Å². The van der Waals surface area contributed by atoms with Crippen LogP contribution in [0.1, 0.15) is 19.4 Å². The standard InChI is InChI=1S/C21H26N2O4/c1-4-23(15-20(24)22-17-7-6-8-19(14-17)26-3)21(25)13-16-9-11-18(12-10-16)27-5-2/h6-12,14H,4-5,13,15H2,1-3H3,(H,22,24). The molecular weight excluding hydrogens is 344 g/mol. The van der Waals surface area contributed by atoms with Gasteiger partial charge >= 0.3 is 0 Å². The molecule has 0 aromatic heterocycles. The molecule has 0 saturated carbocycles. The third kappa shape index (κ3) is 6.33. The van der Waals surface area contributed by atoms with Gasteiger partial charge in [0.05, 0.1) is 26.7 Å². The molecule has 0 aliphatic carbocycles. The molecule has 6 heteroatoms. The Morgan fingerprint density at radius 2 is 1.78 bits per heavy atom. The molecular formula is C21H26N2O4. The molecule has 0 aliphatic heterocycles. The first-order chi connectivity index (χ1) is 13.0. The molecule has 0 heterocycles. The highest BCUT2D eigenvalue weighted by Crippen LogP contribution is 2.17. The van der Waals surface area contributed by atoms with E-state index in [1.165, 1.54) is 4.90 Å². The number of carbonyl (C=O) groups is 2. The molecule has 0 spiro atoms. The number of likely N-dealkylation sites (N-methyl/N-ethyl adjacent to an activating group) is 1. The maximum Gasteiger partial charge on any atom is 0.243 e. The lowest BCUT2D eigenvalue weighted by Gasteiger charge is -2.20. The second-order valence-electron chi connectivity index (χ2n) is 5.94. The normalized spacial score (nSPS) is 10.2. The number of nitrogens with one attached hydrogen (secondary N) is 1. The van der Waals surface area contributed by atoms with Gasteiger partial charge in [-0.05, 0) is 43.7 Å². The second-order valence-corrected chi connectivity index (χ2v) is 5.94. The Morgan fingerprint density at radius 1 is 1.04 bits per heavy atom. The predicted molar refractivity (Wildman–Crippen MR) is 105 cm³/mol. The summed E-state index contributed by atoms with van der Waals surface area (Å²) in [6, 6.07) is 14.5. The van der Waals surface area contributed by atoms with Crippen molar-refractivity contribution in [3.63, 3.8) is 0 Å². The van der Waals surface area contributed by atoms with Crippen molar-refractivity contribution in [2.24, 2.45) is 0 Å². The van der Waals surface area contributed by atoms with Gasteiger partial charge < -0.3 is 19.7 Å². The van der Waals surface area contributed by atoms with E-state index in [2.05, 4.69) is 5.32 Å². The Morgan fingerprint density at radius 3 is 2.41 bits per heavy atom. The van der Waals surface area contributed by atoms with E-state index in [-0.39, 0.29) is 24.8 Å². The minimum absolute atomic E-state index is 0.00354. The number of hydrogen-bond acceptors (Lipinski definition) is 4. The molecule has 0 aliphatic rings. The zero-order valence-electron chi connectivity index (χ0n) is 16.0. The van der Waals surface area contributed by atoms with Crippen molar-refractivity contribution in [1.82, 2.24) is 4.90 Å². The fraction of sp³-hybridized carbons (Fsp3) is 0.333. The number of nitrogens with zero attached hydrogens (tertiary/aromatic N) is 1. The first-order valence-electron chi connectivity index (χ1n) is 8.99. The Labute approximate surface area is 160 Å². The van der Waals surface area contributed by atoms with E-state index < -0.39 is 0 Å². The largest absolute Gasteiger partial charge is 0.497 e. The van der Waals surface area contributed by atoms with Crippen molar-refractivity contribution in [1.29, 1.82) is 0 Å². The number of carbonyl (C=O) groups excluding carboxylic acids is 2. The number of rotatable bonds is 9. The highest BCUT2D eigenvalue weighted by Gasteiger charge is 2.16. The van der Waals surface area contributed by atoms with Gasteiger partial charge in [0.15, 0.2) is 0 Å². The smallest absolute Gasteiger partial charge is 0.243 e. The summed E-state index contributed by atoms with van der Waals surface area (Å²) in [5, 5.41) is 2.79. The summed E-state index contributed by atoms with van der Waals surface area (Å²) in [5.41, 5.74) is 1.52. The van der Waals surface area contributed by atoms with Gasteiger partial charge in [-0.15, -0.1) is 0 Å². The van der Waals surface area contributed by atoms with E-state index >= 15 is 0 Å². The van der Waals surface area contributed by atoms with Crippen LogP contribution < -0.4 is 14.8 Å². The monoisotopic (exact) mass is 370 g/mol. The van der Waals surface area contributed by atoms with Gasteiger partial charge in [0.1, 0.15) is 11.5 Å². The van der Waals surface area contributed by atoms with Gasteiger partial charge in [0.2, 0.25) is 11.8 Å². The Bertz CT molecular complexity index is 759. The quantitative estimate of drug-likeness (QED) is 0.736. The Hall–Kier alpha value is -3.02. The SMILES string of the molecule is CCOc1ccc(CC(=O)N(CC)CC(=O)Nc2cccc(OC)c2)cc1. The molecule has 0 unspecified atom stereocenters.